The van der Waals surface area contributed by atoms with Crippen molar-refractivity contribution in [1.82, 2.24) is 0 Å². The number of hydrogen-bond donors (Lipinski definition) is 1. The third-order valence-electron chi connectivity index (χ3n) is 14.8. The maximum absolute atomic E-state index is 12.6. The zero-order valence-corrected chi connectivity index (χ0v) is 34.1. The number of carbonyl (C=O) groups excluding carboxylic acids is 1. The topological polar surface area (TPSA) is 61.5 Å². The predicted molar refractivity (Wildman–Crippen MR) is 212 cm³/mol. The number of nitrogens with two attached hydrogens (primary N) is 1. The van der Waals surface area contributed by atoms with E-state index in [1.165, 1.54) is 128 Å². The van der Waals surface area contributed by atoms with E-state index >= 15 is 0 Å². The van der Waals surface area contributed by atoms with Crippen LogP contribution in [0.25, 0.3) is 0 Å². The van der Waals surface area contributed by atoms with E-state index in [1.807, 2.05) is 0 Å². The molecule has 50 heavy (non-hydrogen) atoms. The molecule has 4 nitrogen and oxygen atoms in total. The summed E-state index contributed by atoms with van der Waals surface area (Å²) in [5.41, 5.74) is 8.60. The second-order valence-electron chi connectivity index (χ2n) is 18.8. The van der Waals surface area contributed by atoms with Crippen LogP contribution in [0.5, 0.6) is 0 Å². The average molecular weight is 698 g/mol. The molecule has 4 heteroatoms. The van der Waals surface area contributed by atoms with E-state index in [2.05, 4.69) is 47.6 Å². The molecule has 2 N–H and O–H groups in total. The fourth-order valence-electron chi connectivity index (χ4n) is 11.7. The van der Waals surface area contributed by atoms with Gasteiger partial charge in [-0.05, 0) is 104 Å². The summed E-state index contributed by atoms with van der Waals surface area (Å²) >= 11 is 0. The molecule has 0 saturated heterocycles. The number of esters is 1. The van der Waals surface area contributed by atoms with E-state index in [-0.39, 0.29) is 18.2 Å². The quantitative estimate of drug-likeness (QED) is 0.0619. The number of hydrogen-bond acceptors (Lipinski definition) is 4. The van der Waals surface area contributed by atoms with Crippen molar-refractivity contribution in [1.29, 1.82) is 0 Å². The summed E-state index contributed by atoms with van der Waals surface area (Å²) in [7, 11) is 0. The van der Waals surface area contributed by atoms with Crippen molar-refractivity contribution >= 4 is 5.97 Å². The molecule has 0 heterocycles. The predicted octanol–water partition coefficient (Wildman–Crippen LogP) is 12.8. The second-order valence-corrected chi connectivity index (χ2v) is 18.8. The largest absolute Gasteiger partial charge is 0.459 e. The van der Waals surface area contributed by atoms with Gasteiger partial charge in [0.1, 0.15) is 6.10 Å². The first-order valence-corrected chi connectivity index (χ1v) is 22.3. The first-order chi connectivity index (χ1) is 24.1. The van der Waals surface area contributed by atoms with Crippen LogP contribution in [0, 0.1) is 46.3 Å². The number of carbonyl (C=O) groups is 1. The number of rotatable bonds is 24. The second kappa shape index (κ2) is 21.1. The van der Waals surface area contributed by atoms with Gasteiger partial charge in [0.15, 0.2) is 0 Å². The van der Waals surface area contributed by atoms with E-state index < -0.39 is 0 Å². The standard InChI is InChI=1S/C46H83NO3/c1-7-8-9-10-11-12-13-14-15-16-17-18-19-23-44(48)50-39(33-47)34-49-38-28-30-45(5)37(32-38)24-25-40-42-27-26-41(36(4)22-20-21-35(2)3)46(42,6)31-29-43(40)45/h24,35-36,38-43H,7-23,25-34,47H2,1-6H3/t36-,38?,39?,40?,41-,42?,43?,45+,46-/m1/s1. The lowest BCUT2D eigenvalue weighted by Crippen LogP contribution is -2.51. The molecule has 3 saturated carbocycles. The Balaban J connectivity index is 1.13. The van der Waals surface area contributed by atoms with E-state index in [9.17, 15) is 4.79 Å². The SMILES string of the molecule is CCCCCCCCCCCCCCCC(=O)OC(CN)COC1CC[C@@]2(C)C(=CCC3C2CC[C@@]2(C)C3CC[C@@H]2[C@H](C)CCCC(C)C)C1. The smallest absolute Gasteiger partial charge is 0.306 e. The molecule has 0 aromatic rings. The summed E-state index contributed by atoms with van der Waals surface area (Å²) in [6.45, 7) is 15.7. The molecule has 0 aromatic carbocycles. The van der Waals surface area contributed by atoms with Gasteiger partial charge in [0, 0.05) is 13.0 Å². The van der Waals surface area contributed by atoms with Gasteiger partial charge in [-0.15, -0.1) is 0 Å². The molecule has 290 valence electrons. The van der Waals surface area contributed by atoms with Gasteiger partial charge in [-0.2, -0.15) is 0 Å². The van der Waals surface area contributed by atoms with Crippen molar-refractivity contribution in [3.63, 3.8) is 0 Å². The highest BCUT2D eigenvalue weighted by molar-refractivity contribution is 5.69. The number of ether oxygens (including phenoxy) is 2. The fraction of sp³-hybridized carbons (Fsp3) is 0.935. The van der Waals surface area contributed by atoms with Crippen LogP contribution in [-0.2, 0) is 14.3 Å². The molecular weight excluding hydrogens is 615 g/mol. The van der Waals surface area contributed by atoms with Crippen LogP contribution in [0.1, 0.15) is 202 Å². The van der Waals surface area contributed by atoms with Crippen molar-refractivity contribution in [2.75, 3.05) is 13.2 Å². The molecule has 0 aromatic heterocycles. The van der Waals surface area contributed by atoms with Gasteiger partial charge < -0.3 is 15.2 Å². The summed E-state index contributed by atoms with van der Waals surface area (Å²) in [5.74, 6) is 5.12. The molecule has 3 fully saturated rings. The minimum atomic E-state index is -0.332. The summed E-state index contributed by atoms with van der Waals surface area (Å²) in [4.78, 5) is 12.6. The van der Waals surface area contributed by atoms with Gasteiger partial charge in [-0.25, -0.2) is 0 Å². The van der Waals surface area contributed by atoms with E-state index in [1.54, 1.807) is 5.57 Å². The highest BCUT2D eigenvalue weighted by Crippen LogP contribution is 2.67. The Bertz CT molecular complexity index is 1010. The summed E-state index contributed by atoms with van der Waals surface area (Å²) < 4.78 is 12.3. The van der Waals surface area contributed by atoms with Crippen LogP contribution in [0.4, 0.5) is 0 Å². The molecule has 0 radical (unpaired) electrons. The summed E-state index contributed by atoms with van der Waals surface area (Å²) in [5, 5.41) is 0. The van der Waals surface area contributed by atoms with Crippen LogP contribution < -0.4 is 5.73 Å². The third kappa shape index (κ3) is 11.6. The first-order valence-electron chi connectivity index (χ1n) is 22.3. The molecule has 0 amide bonds. The van der Waals surface area contributed by atoms with Crippen LogP contribution >= 0.6 is 0 Å². The molecule has 5 unspecified atom stereocenters. The monoisotopic (exact) mass is 698 g/mol. The molecule has 0 aliphatic heterocycles. The Morgan fingerprint density at radius 1 is 0.820 bits per heavy atom. The number of fused-ring (bicyclic) bond motifs is 5. The normalized spacial score (nSPS) is 31.8. The van der Waals surface area contributed by atoms with Crippen LogP contribution in [0.15, 0.2) is 11.6 Å². The van der Waals surface area contributed by atoms with E-state index in [0.29, 0.717) is 30.4 Å². The van der Waals surface area contributed by atoms with Crippen molar-refractivity contribution in [2.24, 2.45) is 52.1 Å². The Morgan fingerprint density at radius 3 is 2.12 bits per heavy atom. The van der Waals surface area contributed by atoms with Gasteiger partial charge in [0.25, 0.3) is 0 Å². The fourth-order valence-corrected chi connectivity index (χ4v) is 11.7. The number of allylic oxidation sites excluding steroid dienone is 1. The first kappa shape index (κ1) is 41.9. The van der Waals surface area contributed by atoms with E-state index in [0.717, 1.165) is 61.2 Å². The lowest BCUT2D eigenvalue weighted by atomic mass is 9.47. The molecule has 4 rings (SSSR count). The van der Waals surface area contributed by atoms with Crippen molar-refractivity contribution in [3.8, 4) is 0 Å². The molecular formula is C46H83NO3. The maximum Gasteiger partial charge on any atom is 0.306 e. The van der Waals surface area contributed by atoms with Crippen molar-refractivity contribution in [2.45, 2.75) is 214 Å². The minimum absolute atomic E-state index is 0.104. The Kier molecular flexibility index (Phi) is 17.7. The van der Waals surface area contributed by atoms with Crippen LogP contribution in [0.3, 0.4) is 0 Å². The minimum Gasteiger partial charge on any atom is -0.459 e. The number of unbranched alkanes of at least 4 members (excludes halogenated alkanes) is 12. The van der Waals surface area contributed by atoms with Gasteiger partial charge >= 0.3 is 5.97 Å². The zero-order chi connectivity index (χ0) is 36.0. The van der Waals surface area contributed by atoms with Crippen LogP contribution in [0.2, 0.25) is 0 Å². The highest BCUT2D eigenvalue weighted by atomic mass is 16.6. The van der Waals surface area contributed by atoms with E-state index in [4.69, 9.17) is 15.2 Å². The van der Waals surface area contributed by atoms with Gasteiger partial charge in [-0.1, -0.05) is 150 Å². The Morgan fingerprint density at radius 2 is 1.48 bits per heavy atom. The molecule has 0 bridgehead atoms. The molecule has 9 atom stereocenters. The molecule has 4 aliphatic carbocycles. The van der Waals surface area contributed by atoms with Crippen molar-refractivity contribution < 1.29 is 14.3 Å². The Labute approximate surface area is 310 Å². The zero-order valence-electron chi connectivity index (χ0n) is 34.1. The lowest BCUT2D eigenvalue weighted by Gasteiger charge is -2.58. The van der Waals surface area contributed by atoms with Crippen molar-refractivity contribution in [3.05, 3.63) is 11.6 Å². The van der Waals surface area contributed by atoms with Gasteiger partial charge in [-0.3, -0.25) is 4.79 Å². The lowest BCUT2D eigenvalue weighted by molar-refractivity contribution is -0.153. The van der Waals surface area contributed by atoms with Crippen LogP contribution in [-0.4, -0.2) is 31.3 Å². The molecule has 4 aliphatic rings. The average Bonchev–Trinajstić information content (AvgIpc) is 3.45. The molecule has 0 spiro atoms. The third-order valence-corrected chi connectivity index (χ3v) is 14.8. The highest BCUT2D eigenvalue weighted by Gasteiger charge is 2.59. The van der Waals surface area contributed by atoms with Gasteiger partial charge in [0.2, 0.25) is 0 Å². The van der Waals surface area contributed by atoms with Gasteiger partial charge in [0.05, 0.1) is 12.7 Å². The Hall–Kier alpha value is -0.870. The summed E-state index contributed by atoms with van der Waals surface area (Å²) in [6, 6.07) is 0. The summed E-state index contributed by atoms with van der Waals surface area (Å²) in [6.07, 6.45) is 34.7. The maximum atomic E-state index is 12.6.